The first-order valence-electron chi connectivity index (χ1n) is 5.37. The molecular weight excluding hydrogens is 226 g/mol. The third-order valence-corrected chi connectivity index (χ3v) is 2.55. The lowest BCUT2D eigenvalue weighted by molar-refractivity contribution is -0.149. The summed E-state index contributed by atoms with van der Waals surface area (Å²) < 4.78 is 0. The van der Waals surface area contributed by atoms with Gasteiger partial charge in [0.1, 0.15) is 13.1 Å². The number of carboxylic acid groups (broad SMARTS) is 2. The zero-order valence-electron chi connectivity index (χ0n) is 9.33. The quantitative estimate of drug-likeness (QED) is 0.654. The number of hydrogen-bond acceptors (Lipinski definition) is 3. The van der Waals surface area contributed by atoms with Crippen LogP contribution in [-0.2, 0) is 14.4 Å². The second-order valence-corrected chi connectivity index (χ2v) is 4.01. The van der Waals surface area contributed by atoms with Crippen molar-refractivity contribution in [2.24, 2.45) is 5.92 Å². The van der Waals surface area contributed by atoms with Crippen molar-refractivity contribution in [1.82, 2.24) is 4.90 Å². The highest BCUT2D eigenvalue weighted by atomic mass is 16.4. The van der Waals surface area contributed by atoms with Gasteiger partial charge in [-0.25, -0.2) is 0 Å². The lowest BCUT2D eigenvalue weighted by Gasteiger charge is -2.19. The number of rotatable bonds is 6. The van der Waals surface area contributed by atoms with Crippen LogP contribution in [0.3, 0.4) is 0 Å². The van der Waals surface area contributed by atoms with Gasteiger partial charge in [0.15, 0.2) is 0 Å². The van der Waals surface area contributed by atoms with Gasteiger partial charge in [0.25, 0.3) is 0 Å². The van der Waals surface area contributed by atoms with Gasteiger partial charge in [-0.3, -0.25) is 14.4 Å². The van der Waals surface area contributed by atoms with E-state index in [1.54, 1.807) is 0 Å². The first-order valence-corrected chi connectivity index (χ1v) is 5.37. The van der Waals surface area contributed by atoms with Gasteiger partial charge in [-0.2, -0.15) is 0 Å². The smallest absolute Gasteiger partial charge is 0.323 e. The number of nitrogens with zero attached hydrogens (tertiary/aromatic N) is 1. The summed E-state index contributed by atoms with van der Waals surface area (Å²) in [7, 11) is 0. The molecule has 94 valence electrons. The van der Waals surface area contributed by atoms with E-state index in [0.29, 0.717) is 0 Å². The van der Waals surface area contributed by atoms with E-state index in [-0.39, 0.29) is 12.3 Å². The molecule has 1 amide bonds. The van der Waals surface area contributed by atoms with Crippen molar-refractivity contribution in [1.29, 1.82) is 0 Å². The number of carbonyl (C=O) groups excluding carboxylic acids is 1. The van der Waals surface area contributed by atoms with Crippen LogP contribution in [0.15, 0.2) is 12.2 Å². The summed E-state index contributed by atoms with van der Waals surface area (Å²) in [6, 6.07) is 0. The Labute approximate surface area is 98.5 Å². The normalized spacial score (nSPS) is 18.0. The maximum atomic E-state index is 11.7. The largest absolute Gasteiger partial charge is 0.480 e. The van der Waals surface area contributed by atoms with Gasteiger partial charge >= 0.3 is 11.9 Å². The molecule has 0 saturated heterocycles. The maximum absolute atomic E-state index is 11.7. The predicted octanol–water partition coefficient (Wildman–Crippen LogP) is 0.340. The zero-order valence-corrected chi connectivity index (χ0v) is 9.33. The molecule has 2 N–H and O–H groups in total. The molecule has 0 bridgehead atoms. The number of carbonyl (C=O) groups is 3. The van der Waals surface area contributed by atoms with E-state index in [0.717, 1.165) is 17.7 Å². The number of carboxylic acids is 2. The Bertz CT molecular complexity index is 334. The van der Waals surface area contributed by atoms with Gasteiger partial charge in [0.2, 0.25) is 5.91 Å². The van der Waals surface area contributed by atoms with E-state index in [1.807, 2.05) is 12.2 Å². The van der Waals surface area contributed by atoms with Crippen LogP contribution >= 0.6 is 0 Å². The number of allylic oxidation sites excluding steroid dienone is 2. The van der Waals surface area contributed by atoms with Crippen LogP contribution in [0.5, 0.6) is 0 Å². The molecule has 0 aliphatic heterocycles. The molecule has 1 aliphatic carbocycles. The Hall–Kier alpha value is -1.85. The minimum Gasteiger partial charge on any atom is -0.480 e. The van der Waals surface area contributed by atoms with Crippen molar-refractivity contribution in [2.75, 3.05) is 13.1 Å². The SMILES string of the molecule is O=C(O)CN(CC(=O)O)C(=O)CC1C=CCC1. The Kier molecular flexibility index (Phi) is 4.68. The van der Waals surface area contributed by atoms with Crippen molar-refractivity contribution in [3.63, 3.8) is 0 Å². The fraction of sp³-hybridized carbons (Fsp3) is 0.545. The molecule has 0 fully saturated rings. The van der Waals surface area contributed by atoms with E-state index < -0.39 is 30.9 Å². The topological polar surface area (TPSA) is 94.9 Å². The second kappa shape index (κ2) is 6.03. The zero-order chi connectivity index (χ0) is 12.8. The molecule has 1 rings (SSSR count). The molecule has 1 unspecified atom stereocenters. The maximum Gasteiger partial charge on any atom is 0.323 e. The van der Waals surface area contributed by atoms with Gasteiger partial charge in [0, 0.05) is 6.42 Å². The predicted molar refractivity (Wildman–Crippen MR) is 58.3 cm³/mol. The number of aliphatic carboxylic acids is 2. The van der Waals surface area contributed by atoms with Gasteiger partial charge in [0.05, 0.1) is 0 Å². The molecule has 0 saturated carbocycles. The lowest BCUT2D eigenvalue weighted by atomic mass is 10.0. The molecule has 0 spiro atoms. The average Bonchev–Trinajstić information content (AvgIpc) is 2.67. The minimum absolute atomic E-state index is 0.104. The average molecular weight is 241 g/mol. The monoisotopic (exact) mass is 241 g/mol. The fourth-order valence-corrected chi connectivity index (χ4v) is 1.78. The Balaban J connectivity index is 2.54. The van der Waals surface area contributed by atoms with Crippen molar-refractivity contribution in [3.8, 4) is 0 Å². The molecule has 6 heteroatoms. The van der Waals surface area contributed by atoms with Crippen molar-refractivity contribution < 1.29 is 24.6 Å². The van der Waals surface area contributed by atoms with Crippen molar-refractivity contribution in [2.45, 2.75) is 19.3 Å². The highest BCUT2D eigenvalue weighted by Crippen LogP contribution is 2.21. The van der Waals surface area contributed by atoms with Crippen molar-refractivity contribution >= 4 is 17.8 Å². The highest BCUT2D eigenvalue weighted by Gasteiger charge is 2.22. The molecule has 6 nitrogen and oxygen atoms in total. The van der Waals surface area contributed by atoms with E-state index in [2.05, 4.69) is 0 Å². The standard InChI is InChI=1S/C11H15NO5/c13-9(5-8-3-1-2-4-8)12(6-10(14)15)7-11(16)17/h1,3,8H,2,4-7H2,(H,14,15)(H,16,17). The van der Waals surface area contributed by atoms with Gasteiger partial charge in [-0.1, -0.05) is 12.2 Å². The first kappa shape index (κ1) is 13.2. The molecular formula is C11H15NO5. The van der Waals surface area contributed by atoms with Gasteiger partial charge in [-0.15, -0.1) is 0 Å². The molecule has 0 aromatic carbocycles. The van der Waals surface area contributed by atoms with Crippen LogP contribution < -0.4 is 0 Å². The summed E-state index contributed by atoms with van der Waals surface area (Å²) in [5.41, 5.74) is 0. The van der Waals surface area contributed by atoms with Gasteiger partial charge < -0.3 is 15.1 Å². The van der Waals surface area contributed by atoms with Crippen LogP contribution in [0.4, 0.5) is 0 Å². The molecule has 0 radical (unpaired) electrons. The molecule has 0 heterocycles. The van der Waals surface area contributed by atoms with E-state index in [4.69, 9.17) is 10.2 Å². The summed E-state index contributed by atoms with van der Waals surface area (Å²) >= 11 is 0. The molecule has 1 atom stereocenters. The second-order valence-electron chi connectivity index (χ2n) is 4.01. The Morgan fingerprint density at radius 1 is 1.18 bits per heavy atom. The Morgan fingerprint density at radius 3 is 2.18 bits per heavy atom. The van der Waals surface area contributed by atoms with Crippen LogP contribution in [0.2, 0.25) is 0 Å². The summed E-state index contributed by atoms with van der Waals surface area (Å²) in [5.74, 6) is -2.73. The fourth-order valence-electron chi connectivity index (χ4n) is 1.78. The molecule has 0 aromatic rings. The third-order valence-electron chi connectivity index (χ3n) is 2.55. The highest BCUT2D eigenvalue weighted by molar-refractivity contribution is 5.85. The number of amides is 1. The van der Waals surface area contributed by atoms with E-state index in [1.165, 1.54) is 0 Å². The van der Waals surface area contributed by atoms with Crippen LogP contribution in [0.1, 0.15) is 19.3 Å². The number of hydrogen-bond donors (Lipinski definition) is 2. The van der Waals surface area contributed by atoms with Crippen LogP contribution in [0.25, 0.3) is 0 Å². The summed E-state index contributed by atoms with van der Waals surface area (Å²) in [6.45, 7) is -1.14. The third kappa shape index (κ3) is 4.67. The Morgan fingerprint density at radius 2 is 1.76 bits per heavy atom. The van der Waals surface area contributed by atoms with Gasteiger partial charge in [-0.05, 0) is 18.8 Å². The van der Waals surface area contributed by atoms with Crippen LogP contribution in [-0.4, -0.2) is 46.0 Å². The lowest BCUT2D eigenvalue weighted by Crippen LogP contribution is -2.39. The molecule has 1 aliphatic rings. The van der Waals surface area contributed by atoms with E-state index >= 15 is 0 Å². The molecule has 17 heavy (non-hydrogen) atoms. The minimum atomic E-state index is -1.21. The van der Waals surface area contributed by atoms with Crippen LogP contribution in [0, 0.1) is 5.92 Å². The van der Waals surface area contributed by atoms with Crippen molar-refractivity contribution in [3.05, 3.63) is 12.2 Å². The summed E-state index contributed by atoms with van der Waals surface area (Å²) in [6.07, 6.45) is 5.83. The summed E-state index contributed by atoms with van der Waals surface area (Å²) in [4.78, 5) is 33.7. The first-order chi connectivity index (χ1) is 7.99. The summed E-state index contributed by atoms with van der Waals surface area (Å²) in [5, 5.41) is 17.2. The molecule has 0 aromatic heterocycles. The van der Waals surface area contributed by atoms with E-state index in [9.17, 15) is 14.4 Å².